The molecule has 0 radical (unpaired) electrons. The molecule has 6 aromatic carbocycles. The largest absolute Gasteiger partial charge is 0.308 e. The molecule has 0 atom stereocenters. The van der Waals surface area contributed by atoms with Crippen molar-refractivity contribution in [3.05, 3.63) is 132 Å². The quantitative estimate of drug-likeness (QED) is 0.210. The van der Waals surface area contributed by atoms with Crippen molar-refractivity contribution in [1.82, 2.24) is 9.13 Å². The second-order valence-corrected chi connectivity index (χ2v) is 11.9. The third kappa shape index (κ3) is 3.23. The lowest BCUT2D eigenvalue weighted by Crippen LogP contribution is -1.97. The van der Waals surface area contributed by atoms with Crippen molar-refractivity contribution in [2.24, 2.45) is 0 Å². The number of thiophene rings is 1. The minimum absolute atomic E-state index is 0.659. The third-order valence-corrected chi connectivity index (χ3v) is 9.78. The van der Waals surface area contributed by atoms with Gasteiger partial charge in [-0.1, -0.05) is 60.7 Å². The summed E-state index contributed by atoms with van der Waals surface area (Å²) in [5.41, 5.74) is 7.74. The summed E-state index contributed by atoms with van der Waals surface area (Å²) in [6.07, 6.45) is 0. The molecular weight excluding hydrogens is 545 g/mol. The molecule has 3 heterocycles. The minimum atomic E-state index is 0.659. The van der Waals surface area contributed by atoms with Crippen LogP contribution < -0.4 is 0 Å². The number of benzene rings is 6. The summed E-state index contributed by atoms with van der Waals surface area (Å²) < 4.78 is 6.96. The molecule has 0 saturated heterocycles. The summed E-state index contributed by atoms with van der Waals surface area (Å²) >= 11 is 1.77. The van der Waals surface area contributed by atoms with E-state index in [1.807, 2.05) is 24.3 Å². The van der Waals surface area contributed by atoms with E-state index in [4.69, 9.17) is 0 Å². The number of hydrogen-bond donors (Lipinski definition) is 0. The molecular formula is C38H20N4S. The molecule has 0 aliphatic rings. The van der Waals surface area contributed by atoms with Crippen LogP contribution in [0.15, 0.2) is 121 Å². The van der Waals surface area contributed by atoms with Gasteiger partial charge in [-0.25, -0.2) is 0 Å². The van der Waals surface area contributed by atoms with Gasteiger partial charge in [0.25, 0.3) is 0 Å². The maximum atomic E-state index is 10.1. The van der Waals surface area contributed by atoms with Crippen LogP contribution in [0.25, 0.3) is 75.2 Å². The van der Waals surface area contributed by atoms with Crippen LogP contribution in [0.5, 0.6) is 0 Å². The van der Waals surface area contributed by atoms with Gasteiger partial charge in [-0.3, -0.25) is 0 Å². The molecule has 198 valence electrons. The highest BCUT2D eigenvalue weighted by Gasteiger charge is 2.19. The Labute approximate surface area is 250 Å². The zero-order chi connectivity index (χ0) is 28.7. The fourth-order valence-electron chi connectivity index (χ4n) is 6.77. The van der Waals surface area contributed by atoms with Crippen molar-refractivity contribution >= 4 is 75.1 Å². The van der Waals surface area contributed by atoms with E-state index in [2.05, 4.69) is 118 Å². The normalized spacial score (nSPS) is 11.7. The highest BCUT2D eigenvalue weighted by molar-refractivity contribution is 7.26. The van der Waals surface area contributed by atoms with Gasteiger partial charge < -0.3 is 9.13 Å². The Morgan fingerprint density at radius 1 is 0.512 bits per heavy atom. The van der Waals surface area contributed by atoms with Gasteiger partial charge in [0.05, 0.1) is 49.7 Å². The average Bonchev–Trinajstić information content (AvgIpc) is 3.72. The Morgan fingerprint density at radius 3 is 2.02 bits per heavy atom. The fourth-order valence-corrected chi connectivity index (χ4v) is 7.95. The zero-order valence-corrected chi connectivity index (χ0v) is 23.6. The first kappa shape index (κ1) is 23.8. The molecule has 0 fully saturated rings. The Morgan fingerprint density at radius 2 is 1.21 bits per heavy atom. The van der Waals surface area contributed by atoms with E-state index in [0.717, 1.165) is 60.4 Å². The molecule has 43 heavy (non-hydrogen) atoms. The highest BCUT2D eigenvalue weighted by atomic mass is 32.1. The van der Waals surface area contributed by atoms with Crippen LogP contribution >= 0.6 is 11.3 Å². The topological polar surface area (TPSA) is 57.4 Å². The first-order valence-corrected chi connectivity index (χ1v) is 14.9. The smallest absolute Gasteiger partial charge is 0.101 e. The van der Waals surface area contributed by atoms with Gasteiger partial charge in [0.1, 0.15) is 6.07 Å². The predicted octanol–water partition coefficient (Wildman–Crippen LogP) is 9.99. The van der Waals surface area contributed by atoms with Crippen LogP contribution in [0.3, 0.4) is 0 Å². The standard InChI is InChI=1S/C38H20N4S/c39-21-23-15-18-36-31(19-23)29-11-6-14-35(38(29)43-36)42-33-13-4-2-9-27(33)30-20-25(16-17-34(30)42)41-32-12-3-1-8-26(32)28-10-5-7-24(22-40)37(28)41/h1-20H. The van der Waals surface area contributed by atoms with Crippen LogP contribution in [0.1, 0.15) is 11.1 Å². The Hall–Kier alpha value is -5.88. The number of rotatable bonds is 2. The molecule has 0 spiro atoms. The first-order chi connectivity index (χ1) is 21.2. The van der Waals surface area contributed by atoms with Gasteiger partial charge >= 0.3 is 0 Å². The van der Waals surface area contributed by atoms with Gasteiger partial charge in [-0.2, -0.15) is 10.5 Å². The lowest BCUT2D eigenvalue weighted by molar-refractivity contribution is 1.17. The molecule has 0 N–H and O–H groups in total. The molecule has 5 heteroatoms. The summed E-state index contributed by atoms with van der Waals surface area (Å²) in [7, 11) is 0. The number of nitrogens with zero attached hydrogens (tertiary/aromatic N) is 4. The summed E-state index contributed by atoms with van der Waals surface area (Å²) in [4.78, 5) is 0. The second-order valence-electron chi connectivity index (χ2n) is 10.8. The maximum absolute atomic E-state index is 10.1. The summed E-state index contributed by atoms with van der Waals surface area (Å²) in [5.74, 6) is 0. The number of para-hydroxylation sites is 3. The minimum Gasteiger partial charge on any atom is -0.308 e. The van der Waals surface area contributed by atoms with E-state index in [-0.39, 0.29) is 0 Å². The predicted molar refractivity (Wildman–Crippen MR) is 177 cm³/mol. The number of aromatic nitrogens is 2. The number of hydrogen-bond acceptors (Lipinski definition) is 3. The van der Waals surface area contributed by atoms with Gasteiger partial charge in [-0.05, 0) is 60.7 Å². The molecule has 9 rings (SSSR count). The van der Waals surface area contributed by atoms with E-state index in [1.54, 1.807) is 11.3 Å². The molecule has 0 aliphatic heterocycles. The molecule has 4 nitrogen and oxygen atoms in total. The van der Waals surface area contributed by atoms with Gasteiger partial charge in [0.15, 0.2) is 0 Å². The number of fused-ring (bicyclic) bond motifs is 9. The zero-order valence-electron chi connectivity index (χ0n) is 22.7. The van der Waals surface area contributed by atoms with Crippen molar-refractivity contribution in [3.63, 3.8) is 0 Å². The molecule has 3 aromatic heterocycles. The van der Waals surface area contributed by atoms with E-state index in [0.29, 0.717) is 11.1 Å². The van der Waals surface area contributed by atoms with Crippen molar-refractivity contribution < 1.29 is 0 Å². The maximum Gasteiger partial charge on any atom is 0.101 e. The van der Waals surface area contributed by atoms with E-state index < -0.39 is 0 Å². The molecule has 0 saturated carbocycles. The van der Waals surface area contributed by atoms with Crippen molar-refractivity contribution in [1.29, 1.82) is 10.5 Å². The Kier molecular flexibility index (Phi) is 4.87. The Balaban J connectivity index is 1.37. The monoisotopic (exact) mass is 564 g/mol. The molecule has 0 aliphatic carbocycles. The molecule has 0 bridgehead atoms. The van der Waals surface area contributed by atoms with E-state index in [1.165, 1.54) is 14.8 Å². The summed E-state index contributed by atoms with van der Waals surface area (Å²) in [6, 6.07) is 46.6. The van der Waals surface area contributed by atoms with Crippen molar-refractivity contribution in [2.45, 2.75) is 0 Å². The SMILES string of the molecule is N#Cc1ccc2sc3c(-n4c5ccccc5c5cc(-n6c7ccccc7c7cccc(C#N)c76)ccc54)cccc3c2c1. The molecule has 0 amide bonds. The van der Waals surface area contributed by atoms with Gasteiger partial charge in [0, 0.05) is 42.7 Å². The number of nitriles is 2. The second kappa shape index (κ2) is 8.81. The fraction of sp³-hybridized carbons (Fsp3) is 0. The molecule has 9 aromatic rings. The van der Waals surface area contributed by atoms with Crippen LogP contribution in [0.4, 0.5) is 0 Å². The highest BCUT2D eigenvalue weighted by Crippen LogP contribution is 2.42. The molecule has 0 unspecified atom stereocenters. The first-order valence-electron chi connectivity index (χ1n) is 14.1. The summed E-state index contributed by atoms with van der Waals surface area (Å²) in [6.45, 7) is 0. The third-order valence-electron chi connectivity index (χ3n) is 8.58. The van der Waals surface area contributed by atoms with Crippen molar-refractivity contribution in [3.8, 4) is 23.5 Å². The van der Waals surface area contributed by atoms with Crippen LogP contribution in [0, 0.1) is 22.7 Å². The van der Waals surface area contributed by atoms with Crippen LogP contribution in [-0.2, 0) is 0 Å². The lowest BCUT2D eigenvalue weighted by atomic mass is 10.1. The lowest BCUT2D eigenvalue weighted by Gasteiger charge is -2.11. The van der Waals surface area contributed by atoms with E-state index >= 15 is 0 Å². The van der Waals surface area contributed by atoms with Gasteiger partial charge in [0.2, 0.25) is 0 Å². The summed E-state index contributed by atoms with van der Waals surface area (Å²) in [5, 5.41) is 26.4. The van der Waals surface area contributed by atoms with Crippen molar-refractivity contribution in [2.75, 3.05) is 0 Å². The van der Waals surface area contributed by atoms with Crippen LogP contribution in [0.2, 0.25) is 0 Å². The Bertz CT molecular complexity index is 2710. The van der Waals surface area contributed by atoms with Crippen LogP contribution in [-0.4, -0.2) is 9.13 Å². The van der Waals surface area contributed by atoms with E-state index in [9.17, 15) is 10.5 Å². The van der Waals surface area contributed by atoms with Gasteiger partial charge in [-0.15, -0.1) is 11.3 Å². The average molecular weight is 565 g/mol.